The van der Waals surface area contributed by atoms with Crippen LogP contribution in [0.4, 0.5) is 0 Å². The maximum Gasteiger partial charge on any atom is 0.192 e. The molecule has 0 atom stereocenters. The largest absolute Gasteiger partial charge is 0.441 e. The van der Waals surface area contributed by atoms with Crippen LogP contribution in [0.1, 0.15) is 12.3 Å². The van der Waals surface area contributed by atoms with E-state index in [1.54, 1.807) is 19.1 Å². The van der Waals surface area contributed by atoms with E-state index in [-0.39, 0.29) is 10.6 Å². The Kier molecular flexibility index (Phi) is 3.17. The van der Waals surface area contributed by atoms with Crippen LogP contribution in [0.3, 0.4) is 0 Å². The molecule has 0 saturated carbocycles. The fourth-order valence-corrected chi connectivity index (χ4v) is 2.95. The minimum Gasteiger partial charge on any atom is -0.441 e. The van der Waals surface area contributed by atoms with Crippen LogP contribution in [0.2, 0.25) is 0 Å². The molecule has 5 nitrogen and oxygen atoms in total. The van der Waals surface area contributed by atoms with Crippen LogP contribution in [0.25, 0.3) is 11.1 Å². The molecule has 2 rings (SSSR count). The van der Waals surface area contributed by atoms with Crippen molar-refractivity contribution in [1.82, 2.24) is 4.98 Å². The lowest BCUT2D eigenvalue weighted by Gasteiger charge is -2.02. The van der Waals surface area contributed by atoms with Crippen molar-refractivity contribution in [2.24, 2.45) is 5.73 Å². The Bertz CT molecular complexity index is 631. The molecule has 0 bridgehead atoms. The summed E-state index contributed by atoms with van der Waals surface area (Å²) in [5.74, 6) is 0.582. The highest BCUT2D eigenvalue weighted by molar-refractivity contribution is 7.91. The van der Waals surface area contributed by atoms with Crippen LogP contribution in [0.15, 0.2) is 27.5 Å². The first-order valence-electron chi connectivity index (χ1n) is 5.33. The van der Waals surface area contributed by atoms with Gasteiger partial charge in [-0.15, -0.1) is 0 Å². The fourth-order valence-electron chi connectivity index (χ4n) is 1.60. The summed E-state index contributed by atoms with van der Waals surface area (Å²) in [6, 6.07) is 4.72. The minimum atomic E-state index is -3.27. The Morgan fingerprint density at radius 2 is 2.18 bits per heavy atom. The first kappa shape index (κ1) is 12.1. The number of benzene rings is 1. The molecule has 1 aromatic heterocycles. The van der Waals surface area contributed by atoms with Gasteiger partial charge in [0.25, 0.3) is 0 Å². The summed E-state index contributed by atoms with van der Waals surface area (Å²) in [5.41, 5.74) is 6.48. The van der Waals surface area contributed by atoms with E-state index in [9.17, 15) is 8.42 Å². The zero-order chi connectivity index (χ0) is 12.5. The highest BCUT2D eigenvalue weighted by atomic mass is 32.2. The average molecular weight is 254 g/mol. The van der Waals surface area contributed by atoms with Gasteiger partial charge in [-0.3, -0.25) is 0 Å². The monoisotopic (exact) mass is 254 g/mol. The SMILES string of the molecule is Cc1nc2ccc(S(=O)(=O)CCCN)cc2o1. The lowest BCUT2D eigenvalue weighted by Crippen LogP contribution is -2.11. The van der Waals surface area contributed by atoms with Gasteiger partial charge in [0.05, 0.1) is 10.6 Å². The van der Waals surface area contributed by atoms with Crippen LogP contribution >= 0.6 is 0 Å². The lowest BCUT2D eigenvalue weighted by molar-refractivity contribution is 0.559. The molecule has 0 saturated heterocycles. The van der Waals surface area contributed by atoms with Gasteiger partial charge >= 0.3 is 0 Å². The van der Waals surface area contributed by atoms with Gasteiger partial charge in [0.15, 0.2) is 21.3 Å². The number of hydrogen-bond acceptors (Lipinski definition) is 5. The molecule has 92 valence electrons. The molecular weight excluding hydrogens is 240 g/mol. The van der Waals surface area contributed by atoms with Crippen molar-refractivity contribution in [2.45, 2.75) is 18.2 Å². The first-order chi connectivity index (χ1) is 8.03. The number of fused-ring (bicyclic) bond motifs is 1. The highest BCUT2D eigenvalue weighted by Crippen LogP contribution is 2.20. The zero-order valence-corrected chi connectivity index (χ0v) is 10.3. The van der Waals surface area contributed by atoms with E-state index in [0.29, 0.717) is 30.0 Å². The number of hydrogen-bond donors (Lipinski definition) is 1. The fraction of sp³-hybridized carbons (Fsp3) is 0.364. The third-order valence-electron chi connectivity index (χ3n) is 2.44. The van der Waals surface area contributed by atoms with E-state index in [4.69, 9.17) is 10.2 Å². The topological polar surface area (TPSA) is 86.2 Å². The van der Waals surface area contributed by atoms with E-state index in [1.165, 1.54) is 6.07 Å². The summed E-state index contributed by atoms with van der Waals surface area (Å²) in [4.78, 5) is 4.38. The van der Waals surface area contributed by atoms with Gasteiger partial charge in [0.2, 0.25) is 0 Å². The van der Waals surface area contributed by atoms with Crippen molar-refractivity contribution in [3.63, 3.8) is 0 Å². The van der Waals surface area contributed by atoms with E-state index in [2.05, 4.69) is 4.98 Å². The number of nitrogens with zero attached hydrogens (tertiary/aromatic N) is 1. The van der Waals surface area contributed by atoms with Crippen molar-refractivity contribution in [1.29, 1.82) is 0 Å². The third-order valence-corrected chi connectivity index (χ3v) is 4.24. The van der Waals surface area contributed by atoms with Crippen molar-refractivity contribution in [3.05, 3.63) is 24.1 Å². The Morgan fingerprint density at radius 1 is 1.41 bits per heavy atom. The molecule has 1 aromatic carbocycles. The number of oxazole rings is 1. The van der Waals surface area contributed by atoms with Gasteiger partial charge in [-0.25, -0.2) is 13.4 Å². The molecule has 0 spiro atoms. The van der Waals surface area contributed by atoms with Gasteiger partial charge in [-0.1, -0.05) is 0 Å². The Hall–Kier alpha value is -1.40. The van der Waals surface area contributed by atoms with Gasteiger partial charge in [0.1, 0.15) is 5.52 Å². The molecule has 0 fully saturated rings. The maximum atomic E-state index is 11.9. The van der Waals surface area contributed by atoms with Gasteiger partial charge in [-0.2, -0.15) is 0 Å². The van der Waals surface area contributed by atoms with Crippen molar-refractivity contribution >= 4 is 20.9 Å². The molecule has 0 aliphatic rings. The first-order valence-corrected chi connectivity index (χ1v) is 6.98. The predicted molar refractivity (Wildman–Crippen MR) is 64.5 cm³/mol. The lowest BCUT2D eigenvalue weighted by atomic mass is 10.3. The van der Waals surface area contributed by atoms with E-state index in [1.807, 2.05) is 0 Å². The van der Waals surface area contributed by atoms with Crippen molar-refractivity contribution in [3.8, 4) is 0 Å². The summed E-state index contributed by atoms with van der Waals surface area (Å²) in [6.07, 6.45) is 0.454. The summed E-state index contributed by atoms with van der Waals surface area (Å²) in [6.45, 7) is 2.09. The molecule has 0 aliphatic carbocycles. The minimum absolute atomic E-state index is 0.0577. The number of rotatable bonds is 4. The van der Waals surface area contributed by atoms with Crippen LogP contribution in [-0.4, -0.2) is 25.7 Å². The van der Waals surface area contributed by atoms with Crippen LogP contribution in [-0.2, 0) is 9.84 Å². The van der Waals surface area contributed by atoms with Crippen LogP contribution < -0.4 is 5.73 Å². The van der Waals surface area contributed by atoms with E-state index >= 15 is 0 Å². The van der Waals surface area contributed by atoms with E-state index < -0.39 is 9.84 Å². The Balaban J connectivity index is 2.42. The number of aryl methyl sites for hydroxylation is 1. The average Bonchev–Trinajstić information content (AvgIpc) is 2.65. The molecule has 17 heavy (non-hydrogen) atoms. The Labute approximate surface area is 99.6 Å². The summed E-state index contributed by atoms with van der Waals surface area (Å²) in [5, 5.41) is 0. The molecular formula is C11H14N2O3S. The summed E-state index contributed by atoms with van der Waals surface area (Å²) < 4.78 is 29.2. The normalized spacial score (nSPS) is 12.1. The molecule has 1 heterocycles. The molecule has 6 heteroatoms. The smallest absolute Gasteiger partial charge is 0.192 e. The van der Waals surface area contributed by atoms with Gasteiger partial charge < -0.3 is 10.2 Å². The number of aromatic nitrogens is 1. The van der Waals surface area contributed by atoms with Gasteiger partial charge in [0, 0.05) is 13.0 Å². The molecule has 2 aromatic rings. The highest BCUT2D eigenvalue weighted by Gasteiger charge is 2.15. The second-order valence-corrected chi connectivity index (χ2v) is 5.93. The molecule has 0 aliphatic heterocycles. The number of nitrogens with two attached hydrogens (primary N) is 1. The molecule has 2 N–H and O–H groups in total. The zero-order valence-electron chi connectivity index (χ0n) is 9.51. The second-order valence-electron chi connectivity index (χ2n) is 3.82. The van der Waals surface area contributed by atoms with Gasteiger partial charge in [-0.05, 0) is 25.1 Å². The third kappa shape index (κ3) is 2.48. The van der Waals surface area contributed by atoms with Crippen LogP contribution in [0.5, 0.6) is 0 Å². The molecule has 0 amide bonds. The number of sulfone groups is 1. The molecule has 0 unspecified atom stereocenters. The van der Waals surface area contributed by atoms with Crippen molar-refractivity contribution in [2.75, 3.05) is 12.3 Å². The standard InChI is InChI=1S/C11H14N2O3S/c1-8-13-10-4-3-9(7-11(10)16-8)17(14,15)6-2-5-12/h3-4,7H,2,5-6,12H2,1H3. The van der Waals surface area contributed by atoms with Crippen molar-refractivity contribution < 1.29 is 12.8 Å². The predicted octanol–water partition coefficient (Wildman–Crippen LogP) is 1.26. The molecule has 0 radical (unpaired) electrons. The summed E-state index contributed by atoms with van der Waals surface area (Å²) >= 11 is 0. The summed E-state index contributed by atoms with van der Waals surface area (Å²) in [7, 11) is -3.27. The quantitative estimate of drug-likeness (QED) is 0.887. The second kappa shape index (κ2) is 4.46. The Morgan fingerprint density at radius 3 is 2.88 bits per heavy atom. The van der Waals surface area contributed by atoms with Crippen LogP contribution in [0, 0.1) is 6.92 Å². The maximum absolute atomic E-state index is 11.9. The van der Waals surface area contributed by atoms with E-state index in [0.717, 1.165) is 0 Å².